The molecule has 0 saturated carbocycles. The lowest BCUT2D eigenvalue weighted by molar-refractivity contribution is -0.121. The van der Waals surface area contributed by atoms with Crippen molar-refractivity contribution in [3.05, 3.63) is 52.7 Å². The van der Waals surface area contributed by atoms with E-state index in [0.717, 1.165) is 4.88 Å². The smallest absolute Gasteiger partial charge is 0.221 e. The van der Waals surface area contributed by atoms with E-state index in [1.54, 1.807) is 31.2 Å². The summed E-state index contributed by atoms with van der Waals surface area (Å²) in [5, 5.41) is 14.7. The van der Waals surface area contributed by atoms with Crippen molar-refractivity contribution in [3.8, 4) is 0 Å². The van der Waals surface area contributed by atoms with Gasteiger partial charge in [0, 0.05) is 11.3 Å². The van der Waals surface area contributed by atoms with Crippen LogP contribution in [0.3, 0.4) is 0 Å². The molecule has 5 nitrogen and oxygen atoms in total. The number of hydrogen-bond acceptors (Lipinski definition) is 5. The summed E-state index contributed by atoms with van der Waals surface area (Å²) >= 11 is 1.40. The van der Waals surface area contributed by atoms with E-state index < -0.39 is 21.3 Å². The van der Waals surface area contributed by atoms with Crippen molar-refractivity contribution in [2.75, 3.05) is 12.3 Å². The van der Waals surface area contributed by atoms with Gasteiger partial charge >= 0.3 is 0 Å². The first-order chi connectivity index (χ1) is 10.8. The van der Waals surface area contributed by atoms with Gasteiger partial charge in [-0.15, -0.1) is 11.3 Å². The Labute approximate surface area is 139 Å². The minimum absolute atomic E-state index is 0.0394. The van der Waals surface area contributed by atoms with Crippen LogP contribution >= 0.6 is 11.3 Å². The van der Waals surface area contributed by atoms with E-state index in [-0.39, 0.29) is 23.6 Å². The lowest BCUT2D eigenvalue weighted by Gasteiger charge is -2.22. The number of hydrogen-bond donors (Lipinski definition) is 2. The molecule has 23 heavy (non-hydrogen) atoms. The molecule has 1 amide bonds. The van der Waals surface area contributed by atoms with Crippen molar-refractivity contribution >= 4 is 27.1 Å². The van der Waals surface area contributed by atoms with E-state index >= 15 is 0 Å². The molecular weight excluding hydrogens is 334 g/mol. The van der Waals surface area contributed by atoms with E-state index in [1.165, 1.54) is 23.5 Å². The van der Waals surface area contributed by atoms with Crippen LogP contribution in [0.1, 0.15) is 18.2 Å². The minimum atomic E-state index is -3.47. The van der Waals surface area contributed by atoms with E-state index in [1.807, 2.05) is 11.4 Å². The minimum Gasteiger partial charge on any atom is -0.383 e. The van der Waals surface area contributed by atoms with Crippen LogP contribution in [0.4, 0.5) is 0 Å². The fourth-order valence-electron chi connectivity index (χ4n) is 2.00. The number of carbonyl (C=O) groups is 1. The summed E-state index contributed by atoms with van der Waals surface area (Å²) in [5.74, 6) is -0.661. The highest BCUT2D eigenvalue weighted by atomic mass is 32.2. The van der Waals surface area contributed by atoms with Crippen LogP contribution in [0.5, 0.6) is 0 Å². The lowest BCUT2D eigenvalue weighted by atomic mass is 10.1. The quantitative estimate of drug-likeness (QED) is 0.797. The third-order valence-corrected chi connectivity index (χ3v) is 6.24. The number of carbonyl (C=O) groups excluding carboxylic acids is 1. The van der Waals surface area contributed by atoms with Gasteiger partial charge in [0.15, 0.2) is 9.84 Å². The van der Waals surface area contributed by atoms with E-state index in [0.29, 0.717) is 0 Å². The van der Waals surface area contributed by atoms with E-state index in [9.17, 15) is 18.3 Å². The molecule has 0 saturated heterocycles. The Morgan fingerprint density at radius 1 is 1.22 bits per heavy atom. The highest BCUT2D eigenvalue weighted by molar-refractivity contribution is 7.91. The molecule has 2 aromatic rings. The van der Waals surface area contributed by atoms with Crippen LogP contribution in [-0.2, 0) is 20.2 Å². The third-order valence-electron chi connectivity index (χ3n) is 3.38. The standard InChI is InChI=1S/C16H19NO4S2/c1-16(19,14-8-5-10-22-14)12-17-15(18)9-11-23(20,21)13-6-3-2-4-7-13/h2-8,10,19H,9,11-12H2,1H3,(H,17,18). The van der Waals surface area contributed by atoms with Crippen molar-refractivity contribution in [2.24, 2.45) is 0 Å². The zero-order chi connectivity index (χ0) is 16.9. The fraction of sp³-hybridized carbons (Fsp3) is 0.312. The third kappa shape index (κ3) is 4.89. The second kappa shape index (κ2) is 7.25. The summed E-state index contributed by atoms with van der Waals surface area (Å²) in [6.45, 7) is 1.65. The molecule has 2 N–H and O–H groups in total. The molecule has 7 heteroatoms. The van der Waals surface area contributed by atoms with Crippen LogP contribution in [-0.4, -0.2) is 31.7 Å². The number of aliphatic hydroxyl groups is 1. The van der Waals surface area contributed by atoms with Crippen molar-refractivity contribution in [3.63, 3.8) is 0 Å². The number of thiophene rings is 1. The predicted molar refractivity (Wildman–Crippen MR) is 90.0 cm³/mol. The molecule has 0 aliphatic carbocycles. The van der Waals surface area contributed by atoms with Gasteiger partial charge in [-0.05, 0) is 30.5 Å². The molecule has 0 bridgehead atoms. The molecule has 0 fully saturated rings. The average Bonchev–Trinajstić information content (AvgIpc) is 3.07. The van der Waals surface area contributed by atoms with Crippen LogP contribution in [0, 0.1) is 0 Å². The monoisotopic (exact) mass is 353 g/mol. The Hall–Kier alpha value is -1.70. The molecule has 0 spiro atoms. The molecule has 1 aromatic carbocycles. The summed E-state index contributed by atoms with van der Waals surface area (Å²) < 4.78 is 24.2. The van der Waals surface area contributed by atoms with Crippen LogP contribution in [0.25, 0.3) is 0 Å². The molecule has 0 aliphatic heterocycles. The predicted octanol–water partition coefficient (Wildman–Crippen LogP) is 1.94. The Kier molecular flexibility index (Phi) is 5.56. The molecule has 2 rings (SSSR count). The zero-order valence-electron chi connectivity index (χ0n) is 12.7. The number of sulfone groups is 1. The molecule has 0 radical (unpaired) electrons. The summed E-state index contributed by atoms with van der Waals surface area (Å²) in [5.41, 5.74) is -1.16. The molecule has 0 aliphatic rings. The molecule has 1 unspecified atom stereocenters. The molecule has 1 atom stereocenters. The van der Waals surface area contributed by atoms with Crippen LogP contribution < -0.4 is 5.32 Å². The molecule has 1 heterocycles. The highest BCUT2D eigenvalue weighted by Gasteiger charge is 2.25. The van der Waals surface area contributed by atoms with Gasteiger partial charge in [0.2, 0.25) is 5.91 Å². The van der Waals surface area contributed by atoms with Gasteiger partial charge in [0.05, 0.1) is 17.2 Å². The summed E-state index contributed by atoms with van der Waals surface area (Å²) in [6.07, 6.45) is -0.141. The zero-order valence-corrected chi connectivity index (χ0v) is 14.4. The first kappa shape index (κ1) is 17.7. The van der Waals surface area contributed by atoms with Crippen molar-refractivity contribution < 1.29 is 18.3 Å². The van der Waals surface area contributed by atoms with Crippen molar-refractivity contribution in [1.29, 1.82) is 0 Å². The van der Waals surface area contributed by atoms with Crippen molar-refractivity contribution in [1.82, 2.24) is 5.32 Å². The topological polar surface area (TPSA) is 83.5 Å². The maximum atomic E-state index is 12.1. The van der Waals surface area contributed by atoms with E-state index in [4.69, 9.17) is 0 Å². The Balaban J connectivity index is 1.86. The molecule has 124 valence electrons. The van der Waals surface area contributed by atoms with Crippen LogP contribution in [0.2, 0.25) is 0 Å². The first-order valence-corrected chi connectivity index (χ1v) is 9.65. The van der Waals surface area contributed by atoms with Crippen LogP contribution in [0.15, 0.2) is 52.7 Å². The maximum absolute atomic E-state index is 12.1. The van der Waals surface area contributed by atoms with Gasteiger partial charge in [-0.2, -0.15) is 0 Å². The normalized spacial score (nSPS) is 14.2. The Morgan fingerprint density at radius 2 is 1.91 bits per heavy atom. The lowest BCUT2D eigenvalue weighted by Crippen LogP contribution is -2.38. The number of nitrogens with one attached hydrogen (secondary N) is 1. The molecular formula is C16H19NO4S2. The number of rotatable bonds is 7. The Morgan fingerprint density at radius 3 is 2.52 bits per heavy atom. The molecule has 1 aromatic heterocycles. The van der Waals surface area contributed by atoms with E-state index in [2.05, 4.69) is 5.32 Å². The second-order valence-corrected chi connectivity index (χ2v) is 8.47. The van der Waals surface area contributed by atoms with Gasteiger partial charge in [-0.3, -0.25) is 4.79 Å². The average molecular weight is 353 g/mol. The number of amides is 1. The Bertz CT molecular complexity index is 738. The first-order valence-electron chi connectivity index (χ1n) is 7.12. The summed E-state index contributed by atoms with van der Waals surface area (Å²) in [6, 6.07) is 11.7. The fourth-order valence-corrected chi connectivity index (χ4v) is 4.05. The van der Waals surface area contributed by atoms with Gasteiger partial charge < -0.3 is 10.4 Å². The van der Waals surface area contributed by atoms with Gasteiger partial charge in [0.25, 0.3) is 0 Å². The maximum Gasteiger partial charge on any atom is 0.221 e. The second-order valence-electron chi connectivity index (χ2n) is 5.41. The summed E-state index contributed by atoms with van der Waals surface area (Å²) in [4.78, 5) is 12.8. The summed E-state index contributed by atoms with van der Waals surface area (Å²) in [7, 11) is -3.47. The van der Waals surface area contributed by atoms with Gasteiger partial charge in [0.1, 0.15) is 5.60 Å². The number of benzene rings is 1. The van der Waals surface area contributed by atoms with Crippen molar-refractivity contribution in [2.45, 2.75) is 23.8 Å². The SMILES string of the molecule is CC(O)(CNC(=O)CCS(=O)(=O)c1ccccc1)c1cccs1. The largest absolute Gasteiger partial charge is 0.383 e. The highest BCUT2D eigenvalue weighted by Crippen LogP contribution is 2.24. The van der Waals surface area contributed by atoms with Gasteiger partial charge in [-0.25, -0.2) is 8.42 Å². The van der Waals surface area contributed by atoms with Gasteiger partial charge in [-0.1, -0.05) is 24.3 Å².